The molecule has 140 valence electrons. The van der Waals surface area contributed by atoms with E-state index in [1.807, 2.05) is 19.1 Å². The fourth-order valence-electron chi connectivity index (χ4n) is 2.56. The standard InChI is InChI=1S/C19H15Br2FN2O2S/c1-2-24-18(25)16(23-19(24)27)9-12-7-14(20)17(15(21)8-12)26-10-11-3-5-13(22)6-4-11/h3-9H,2,10H2,1H3,(H,23,27)/b16-9-. The van der Waals surface area contributed by atoms with Gasteiger partial charge in [0.25, 0.3) is 5.91 Å². The van der Waals surface area contributed by atoms with Gasteiger partial charge in [-0.1, -0.05) is 12.1 Å². The van der Waals surface area contributed by atoms with Crippen LogP contribution in [0, 0.1) is 5.82 Å². The van der Waals surface area contributed by atoms with Gasteiger partial charge in [-0.25, -0.2) is 4.39 Å². The van der Waals surface area contributed by atoms with E-state index in [1.54, 1.807) is 18.2 Å². The van der Waals surface area contributed by atoms with Gasteiger partial charge in [0.2, 0.25) is 0 Å². The van der Waals surface area contributed by atoms with Gasteiger partial charge in [-0.05, 0) is 92.5 Å². The van der Waals surface area contributed by atoms with Crippen LogP contribution in [0.2, 0.25) is 0 Å². The molecule has 1 aliphatic rings. The molecule has 3 rings (SSSR count). The summed E-state index contributed by atoms with van der Waals surface area (Å²) in [6.07, 6.45) is 1.74. The molecule has 1 heterocycles. The lowest BCUT2D eigenvalue weighted by atomic mass is 10.2. The van der Waals surface area contributed by atoms with Gasteiger partial charge in [-0.2, -0.15) is 0 Å². The Morgan fingerprint density at radius 3 is 2.41 bits per heavy atom. The van der Waals surface area contributed by atoms with Crippen LogP contribution in [-0.2, 0) is 11.4 Å². The summed E-state index contributed by atoms with van der Waals surface area (Å²) in [7, 11) is 0. The molecular weight excluding hydrogens is 499 g/mol. The van der Waals surface area contributed by atoms with Crippen molar-refractivity contribution in [2.24, 2.45) is 0 Å². The van der Waals surface area contributed by atoms with Gasteiger partial charge in [0, 0.05) is 6.54 Å². The lowest BCUT2D eigenvalue weighted by molar-refractivity contribution is -0.122. The first kappa shape index (κ1) is 20.0. The molecular formula is C19H15Br2FN2O2S. The molecule has 4 nitrogen and oxygen atoms in total. The van der Waals surface area contributed by atoms with Gasteiger partial charge in [-0.3, -0.25) is 9.69 Å². The number of ether oxygens (including phenoxy) is 1. The maximum Gasteiger partial charge on any atom is 0.276 e. The van der Waals surface area contributed by atoms with Gasteiger partial charge in [0.05, 0.1) is 8.95 Å². The second-order valence-corrected chi connectivity index (χ2v) is 7.86. The molecule has 0 unspecified atom stereocenters. The van der Waals surface area contributed by atoms with E-state index in [1.165, 1.54) is 17.0 Å². The molecule has 0 saturated carbocycles. The molecule has 2 aromatic carbocycles. The Kier molecular flexibility index (Phi) is 6.29. The molecule has 0 radical (unpaired) electrons. The van der Waals surface area contributed by atoms with E-state index >= 15 is 0 Å². The molecule has 1 N–H and O–H groups in total. The molecule has 0 bridgehead atoms. The summed E-state index contributed by atoms with van der Waals surface area (Å²) in [4.78, 5) is 13.8. The van der Waals surface area contributed by atoms with Crippen LogP contribution in [0.5, 0.6) is 5.75 Å². The number of carbonyl (C=O) groups excluding carboxylic acids is 1. The van der Waals surface area contributed by atoms with Crippen molar-refractivity contribution in [3.63, 3.8) is 0 Å². The number of thiocarbonyl (C=S) groups is 1. The molecule has 8 heteroatoms. The Morgan fingerprint density at radius 1 is 1.22 bits per heavy atom. The quantitative estimate of drug-likeness (QED) is 0.451. The molecule has 0 aliphatic carbocycles. The van der Waals surface area contributed by atoms with Crippen LogP contribution in [0.4, 0.5) is 4.39 Å². The highest BCUT2D eigenvalue weighted by Crippen LogP contribution is 2.36. The Morgan fingerprint density at radius 2 is 1.85 bits per heavy atom. The van der Waals surface area contributed by atoms with Crippen molar-refractivity contribution < 1.29 is 13.9 Å². The number of rotatable bonds is 5. The van der Waals surface area contributed by atoms with E-state index < -0.39 is 0 Å². The first-order valence-corrected chi connectivity index (χ1v) is 10.1. The first-order valence-electron chi connectivity index (χ1n) is 8.10. The average molecular weight is 514 g/mol. The third-order valence-electron chi connectivity index (χ3n) is 3.91. The van der Waals surface area contributed by atoms with E-state index in [0.717, 1.165) is 20.1 Å². The average Bonchev–Trinajstić information content (AvgIpc) is 2.88. The SMILES string of the molecule is CCN1C(=O)/C(=C/c2cc(Br)c(OCc3ccc(F)cc3)c(Br)c2)NC1=S. The first-order chi connectivity index (χ1) is 12.9. The summed E-state index contributed by atoms with van der Waals surface area (Å²) in [6.45, 7) is 2.69. The second kappa shape index (κ2) is 8.50. The lowest BCUT2D eigenvalue weighted by Crippen LogP contribution is -2.30. The summed E-state index contributed by atoms with van der Waals surface area (Å²) in [5.74, 6) is 0.193. The van der Waals surface area contributed by atoms with Crippen molar-refractivity contribution in [1.82, 2.24) is 10.2 Å². The Hall–Kier alpha value is -1.77. The van der Waals surface area contributed by atoms with Crippen LogP contribution in [0.1, 0.15) is 18.1 Å². The highest BCUT2D eigenvalue weighted by molar-refractivity contribution is 9.11. The van der Waals surface area contributed by atoms with Gasteiger partial charge in [0.1, 0.15) is 23.9 Å². The number of nitrogens with one attached hydrogen (secondary N) is 1. The monoisotopic (exact) mass is 512 g/mol. The number of nitrogens with zero attached hydrogens (tertiary/aromatic N) is 1. The Labute approximate surface area is 178 Å². The minimum absolute atomic E-state index is 0.147. The molecule has 27 heavy (non-hydrogen) atoms. The molecule has 0 aromatic heterocycles. The van der Waals surface area contributed by atoms with Crippen LogP contribution in [0.25, 0.3) is 6.08 Å². The fraction of sp³-hybridized carbons (Fsp3) is 0.158. The number of benzene rings is 2. The summed E-state index contributed by atoms with van der Waals surface area (Å²) in [6, 6.07) is 9.85. The molecule has 1 saturated heterocycles. The zero-order valence-corrected chi connectivity index (χ0v) is 18.3. The number of halogens is 3. The lowest BCUT2D eigenvalue weighted by Gasteiger charge is -2.12. The largest absolute Gasteiger partial charge is 0.487 e. The molecule has 0 atom stereocenters. The number of hydrogen-bond donors (Lipinski definition) is 1. The van der Waals surface area contributed by atoms with E-state index in [0.29, 0.717) is 29.7 Å². The highest BCUT2D eigenvalue weighted by atomic mass is 79.9. The summed E-state index contributed by atoms with van der Waals surface area (Å²) < 4.78 is 20.3. The fourth-order valence-corrected chi connectivity index (χ4v) is 4.34. The van der Waals surface area contributed by atoms with E-state index in [-0.39, 0.29) is 11.7 Å². The van der Waals surface area contributed by atoms with Crippen molar-refractivity contribution in [3.8, 4) is 5.75 Å². The predicted octanol–water partition coefficient (Wildman–Crippen LogP) is 5.01. The highest BCUT2D eigenvalue weighted by Gasteiger charge is 2.29. The molecule has 2 aromatic rings. The van der Waals surface area contributed by atoms with Gasteiger partial charge >= 0.3 is 0 Å². The molecule has 1 aliphatic heterocycles. The van der Waals surface area contributed by atoms with E-state index in [2.05, 4.69) is 37.2 Å². The summed E-state index contributed by atoms with van der Waals surface area (Å²) in [5, 5.41) is 3.34. The minimum atomic E-state index is -0.283. The zero-order valence-electron chi connectivity index (χ0n) is 14.3. The van der Waals surface area contributed by atoms with Crippen LogP contribution in [0.15, 0.2) is 51.0 Å². The van der Waals surface area contributed by atoms with Crippen LogP contribution in [0.3, 0.4) is 0 Å². The number of likely N-dealkylation sites (N-methyl/N-ethyl adjacent to an activating group) is 1. The summed E-state index contributed by atoms with van der Waals surface area (Å²) in [5.41, 5.74) is 2.09. The molecule has 1 fully saturated rings. The van der Waals surface area contributed by atoms with E-state index in [9.17, 15) is 9.18 Å². The maximum atomic E-state index is 13.0. The third kappa shape index (κ3) is 4.56. The van der Waals surface area contributed by atoms with Gasteiger partial charge in [0.15, 0.2) is 5.11 Å². The third-order valence-corrected chi connectivity index (χ3v) is 5.41. The van der Waals surface area contributed by atoms with Crippen molar-refractivity contribution in [2.75, 3.05) is 6.54 Å². The van der Waals surface area contributed by atoms with Gasteiger partial charge < -0.3 is 10.1 Å². The van der Waals surface area contributed by atoms with Crippen LogP contribution >= 0.6 is 44.1 Å². The number of carbonyl (C=O) groups is 1. The topological polar surface area (TPSA) is 41.6 Å². The van der Waals surface area contributed by atoms with Crippen molar-refractivity contribution in [1.29, 1.82) is 0 Å². The maximum absolute atomic E-state index is 13.0. The van der Waals surface area contributed by atoms with Gasteiger partial charge in [-0.15, -0.1) is 0 Å². The number of amides is 1. The zero-order chi connectivity index (χ0) is 19.6. The second-order valence-electron chi connectivity index (χ2n) is 5.77. The van der Waals surface area contributed by atoms with Crippen LogP contribution < -0.4 is 10.1 Å². The minimum Gasteiger partial charge on any atom is -0.487 e. The summed E-state index contributed by atoms with van der Waals surface area (Å²) >= 11 is 12.2. The normalized spacial score (nSPS) is 15.4. The van der Waals surface area contributed by atoms with Crippen molar-refractivity contribution in [3.05, 3.63) is 68.0 Å². The van der Waals surface area contributed by atoms with E-state index in [4.69, 9.17) is 17.0 Å². The predicted molar refractivity (Wildman–Crippen MR) is 114 cm³/mol. The molecule has 1 amide bonds. The van der Waals surface area contributed by atoms with Crippen LogP contribution in [-0.4, -0.2) is 22.5 Å². The van der Waals surface area contributed by atoms with Crippen molar-refractivity contribution >= 4 is 61.2 Å². The Bertz CT molecular complexity index is 909. The number of hydrogen-bond acceptors (Lipinski definition) is 3. The smallest absolute Gasteiger partial charge is 0.276 e. The Balaban J connectivity index is 1.79. The van der Waals surface area contributed by atoms with Crippen molar-refractivity contribution in [2.45, 2.75) is 13.5 Å². The molecule has 0 spiro atoms.